The molecule has 1 heterocycles. The van der Waals surface area contributed by atoms with Crippen LogP contribution in [0.5, 0.6) is 0 Å². The summed E-state index contributed by atoms with van der Waals surface area (Å²) in [5.41, 5.74) is 0.341. The van der Waals surface area contributed by atoms with Gasteiger partial charge in [-0.1, -0.05) is 33.1 Å². The van der Waals surface area contributed by atoms with Crippen LogP contribution in [-0.2, 0) is 4.79 Å². The topological polar surface area (TPSA) is 41.1 Å². The Morgan fingerprint density at radius 3 is 2.72 bits per heavy atom. The first-order chi connectivity index (χ1) is 8.59. The smallest absolute Gasteiger partial charge is 0.237 e. The van der Waals surface area contributed by atoms with Crippen LogP contribution in [0.1, 0.15) is 58.8 Å². The van der Waals surface area contributed by atoms with Crippen LogP contribution in [-0.4, -0.2) is 25.0 Å². The highest BCUT2D eigenvalue weighted by Gasteiger charge is 2.29. The van der Waals surface area contributed by atoms with E-state index in [4.69, 9.17) is 0 Å². The van der Waals surface area contributed by atoms with Gasteiger partial charge in [0, 0.05) is 6.54 Å². The summed E-state index contributed by atoms with van der Waals surface area (Å²) in [7, 11) is 0. The molecule has 0 bridgehead atoms. The third-order valence-corrected chi connectivity index (χ3v) is 4.73. The van der Waals surface area contributed by atoms with E-state index in [1.165, 1.54) is 38.5 Å². The predicted octanol–water partition coefficient (Wildman–Crippen LogP) is 2.46. The fourth-order valence-electron chi connectivity index (χ4n) is 3.31. The minimum atomic E-state index is 0.0425. The lowest BCUT2D eigenvalue weighted by Crippen LogP contribution is -2.50. The van der Waals surface area contributed by atoms with E-state index in [2.05, 4.69) is 24.5 Å². The fraction of sp³-hybridized carbons (Fsp3) is 0.933. The summed E-state index contributed by atoms with van der Waals surface area (Å²) in [6, 6.07) is 0.0425. The summed E-state index contributed by atoms with van der Waals surface area (Å²) in [4.78, 5) is 12.2. The van der Waals surface area contributed by atoms with Crippen molar-refractivity contribution in [3.8, 4) is 0 Å². The molecule has 3 nitrogen and oxygen atoms in total. The van der Waals surface area contributed by atoms with Crippen molar-refractivity contribution in [3.05, 3.63) is 0 Å². The van der Waals surface area contributed by atoms with E-state index in [0.29, 0.717) is 11.3 Å². The molecule has 1 saturated carbocycles. The fourth-order valence-corrected chi connectivity index (χ4v) is 3.31. The maximum absolute atomic E-state index is 12.2. The molecule has 2 unspecified atom stereocenters. The molecule has 2 aliphatic rings. The molecule has 2 fully saturated rings. The number of hydrogen-bond acceptors (Lipinski definition) is 2. The zero-order chi connectivity index (χ0) is 13.0. The second-order valence-corrected chi connectivity index (χ2v) is 6.73. The van der Waals surface area contributed by atoms with E-state index in [1.807, 2.05) is 0 Å². The maximum atomic E-state index is 12.2. The third kappa shape index (κ3) is 3.71. The van der Waals surface area contributed by atoms with Gasteiger partial charge >= 0.3 is 0 Å². The Hall–Kier alpha value is -0.570. The molecule has 1 amide bonds. The molecule has 104 valence electrons. The van der Waals surface area contributed by atoms with Gasteiger partial charge in [0.15, 0.2) is 0 Å². The van der Waals surface area contributed by atoms with E-state index in [-0.39, 0.29) is 11.9 Å². The summed E-state index contributed by atoms with van der Waals surface area (Å²) in [6.07, 6.45) is 8.73. The first kappa shape index (κ1) is 13.9. The molecule has 2 atom stereocenters. The third-order valence-electron chi connectivity index (χ3n) is 4.73. The highest BCUT2D eigenvalue weighted by atomic mass is 16.2. The molecule has 0 aromatic rings. The number of carbonyl (C=O) groups is 1. The van der Waals surface area contributed by atoms with Crippen LogP contribution in [0, 0.1) is 11.3 Å². The molecule has 1 aliphatic carbocycles. The van der Waals surface area contributed by atoms with E-state index in [0.717, 1.165) is 19.5 Å². The summed E-state index contributed by atoms with van der Waals surface area (Å²) >= 11 is 0. The van der Waals surface area contributed by atoms with Gasteiger partial charge in [-0.2, -0.15) is 0 Å². The van der Waals surface area contributed by atoms with Crippen molar-refractivity contribution in [3.63, 3.8) is 0 Å². The van der Waals surface area contributed by atoms with Gasteiger partial charge < -0.3 is 10.6 Å². The predicted molar refractivity (Wildman–Crippen MR) is 74.4 cm³/mol. The van der Waals surface area contributed by atoms with Crippen LogP contribution in [0.25, 0.3) is 0 Å². The highest BCUT2D eigenvalue weighted by molar-refractivity contribution is 5.81. The number of rotatable bonds is 3. The number of nitrogens with one attached hydrogen (secondary N) is 2. The summed E-state index contributed by atoms with van der Waals surface area (Å²) in [5, 5.41) is 6.52. The standard InChI is InChI=1S/C15H28N2O/c1-12-6-9-16-13(10-12)14(18)17-11-15(2)7-4-3-5-8-15/h12-13,16H,3-11H2,1-2H3,(H,17,18). The van der Waals surface area contributed by atoms with E-state index < -0.39 is 0 Å². The Balaban J connectivity index is 1.76. The summed E-state index contributed by atoms with van der Waals surface area (Å²) in [5.74, 6) is 0.889. The molecule has 2 N–H and O–H groups in total. The molecular formula is C15H28N2O. The van der Waals surface area contributed by atoms with Crippen LogP contribution in [0.3, 0.4) is 0 Å². The Morgan fingerprint density at radius 1 is 1.33 bits per heavy atom. The lowest BCUT2D eigenvalue weighted by atomic mass is 9.75. The molecule has 0 aromatic carbocycles. The van der Waals surface area contributed by atoms with Crippen molar-refractivity contribution in [1.29, 1.82) is 0 Å². The second-order valence-electron chi connectivity index (χ2n) is 6.73. The van der Waals surface area contributed by atoms with Gasteiger partial charge in [-0.25, -0.2) is 0 Å². The average molecular weight is 252 g/mol. The minimum absolute atomic E-state index is 0.0425. The molecular weight excluding hydrogens is 224 g/mol. The minimum Gasteiger partial charge on any atom is -0.354 e. The number of hydrogen-bond donors (Lipinski definition) is 2. The van der Waals surface area contributed by atoms with E-state index in [1.54, 1.807) is 0 Å². The monoisotopic (exact) mass is 252 g/mol. The van der Waals surface area contributed by atoms with Crippen molar-refractivity contribution in [2.45, 2.75) is 64.8 Å². The quantitative estimate of drug-likeness (QED) is 0.810. The average Bonchev–Trinajstić information content (AvgIpc) is 2.37. The first-order valence-corrected chi connectivity index (χ1v) is 7.60. The van der Waals surface area contributed by atoms with Crippen LogP contribution in [0.2, 0.25) is 0 Å². The van der Waals surface area contributed by atoms with E-state index >= 15 is 0 Å². The van der Waals surface area contributed by atoms with Gasteiger partial charge in [-0.15, -0.1) is 0 Å². The summed E-state index contributed by atoms with van der Waals surface area (Å²) in [6.45, 7) is 6.40. The molecule has 3 heteroatoms. The van der Waals surface area contributed by atoms with Crippen molar-refractivity contribution < 1.29 is 4.79 Å². The normalized spacial score (nSPS) is 31.9. The molecule has 1 saturated heterocycles. The van der Waals surface area contributed by atoms with Gasteiger partial charge in [-0.05, 0) is 43.6 Å². The molecule has 18 heavy (non-hydrogen) atoms. The van der Waals surface area contributed by atoms with Crippen molar-refractivity contribution in [2.24, 2.45) is 11.3 Å². The van der Waals surface area contributed by atoms with E-state index in [9.17, 15) is 4.79 Å². The zero-order valence-corrected chi connectivity index (χ0v) is 11.9. The Kier molecular flexibility index (Phi) is 4.66. The maximum Gasteiger partial charge on any atom is 0.237 e. The van der Waals surface area contributed by atoms with Crippen LogP contribution in [0.4, 0.5) is 0 Å². The Bertz CT molecular complexity index is 284. The van der Waals surface area contributed by atoms with Crippen molar-refractivity contribution in [1.82, 2.24) is 10.6 Å². The molecule has 2 rings (SSSR count). The lowest BCUT2D eigenvalue weighted by molar-refractivity contribution is -0.124. The van der Waals surface area contributed by atoms with Crippen LogP contribution < -0.4 is 10.6 Å². The second kappa shape index (κ2) is 6.05. The van der Waals surface area contributed by atoms with Crippen LogP contribution >= 0.6 is 0 Å². The molecule has 1 aliphatic heterocycles. The molecule has 0 spiro atoms. The van der Waals surface area contributed by atoms with Crippen molar-refractivity contribution in [2.75, 3.05) is 13.1 Å². The Morgan fingerprint density at radius 2 is 2.06 bits per heavy atom. The first-order valence-electron chi connectivity index (χ1n) is 7.60. The number of piperidine rings is 1. The largest absolute Gasteiger partial charge is 0.354 e. The Labute approximate surface area is 111 Å². The zero-order valence-electron chi connectivity index (χ0n) is 11.9. The van der Waals surface area contributed by atoms with Gasteiger partial charge in [0.25, 0.3) is 0 Å². The molecule has 0 aromatic heterocycles. The van der Waals surface area contributed by atoms with Gasteiger partial charge in [-0.3, -0.25) is 4.79 Å². The SMILES string of the molecule is CC1CCNC(C(=O)NCC2(C)CCCCC2)C1. The lowest BCUT2D eigenvalue weighted by Gasteiger charge is -2.35. The van der Waals surface area contributed by atoms with Crippen molar-refractivity contribution >= 4 is 5.91 Å². The number of amides is 1. The summed E-state index contributed by atoms with van der Waals surface area (Å²) < 4.78 is 0. The number of carbonyl (C=O) groups excluding carboxylic acids is 1. The van der Waals surface area contributed by atoms with Gasteiger partial charge in [0.1, 0.15) is 0 Å². The van der Waals surface area contributed by atoms with Gasteiger partial charge in [0.05, 0.1) is 6.04 Å². The molecule has 0 radical (unpaired) electrons. The van der Waals surface area contributed by atoms with Gasteiger partial charge in [0.2, 0.25) is 5.91 Å². The highest BCUT2D eigenvalue weighted by Crippen LogP contribution is 2.34. The van der Waals surface area contributed by atoms with Crippen LogP contribution in [0.15, 0.2) is 0 Å².